The molecule has 4 heteroatoms. The molecule has 2 heterocycles. The Morgan fingerprint density at radius 2 is 1.87 bits per heavy atom. The van der Waals surface area contributed by atoms with Gasteiger partial charge in [-0.15, -0.1) is 0 Å². The van der Waals surface area contributed by atoms with E-state index >= 15 is 0 Å². The van der Waals surface area contributed by atoms with Crippen molar-refractivity contribution < 1.29 is 9.67 Å². The van der Waals surface area contributed by atoms with E-state index in [-0.39, 0.29) is 6.73 Å². The Morgan fingerprint density at radius 1 is 1.09 bits per heavy atom. The molecule has 4 rings (SSSR count). The number of fused-ring (bicyclic) bond motifs is 2. The zero-order valence-electron chi connectivity index (χ0n) is 12.8. The van der Waals surface area contributed by atoms with Gasteiger partial charge in [0.2, 0.25) is 5.52 Å². The molecule has 0 saturated carbocycles. The van der Waals surface area contributed by atoms with Crippen molar-refractivity contribution in [2.24, 2.45) is 0 Å². The number of aliphatic hydroxyl groups is 1. The third-order valence-corrected chi connectivity index (χ3v) is 5.33. The molecule has 2 aromatic carbocycles. The van der Waals surface area contributed by atoms with E-state index in [2.05, 4.69) is 54.4 Å². The first-order valence-corrected chi connectivity index (χ1v) is 8.34. The molecule has 0 bridgehead atoms. The van der Waals surface area contributed by atoms with E-state index in [1.54, 1.807) is 11.8 Å². The summed E-state index contributed by atoms with van der Waals surface area (Å²) in [5.41, 5.74) is 3.44. The minimum absolute atomic E-state index is 0.0164. The number of nitrogens with zero attached hydrogens (tertiary/aromatic N) is 2. The maximum atomic E-state index is 9.51. The van der Waals surface area contributed by atoms with Crippen LogP contribution in [0.25, 0.3) is 17.0 Å². The number of benzene rings is 2. The van der Waals surface area contributed by atoms with E-state index < -0.39 is 0 Å². The molecule has 0 unspecified atom stereocenters. The van der Waals surface area contributed by atoms with Gasteiger partial charge in [0.15, 0.2) is 6.20 Å². The van der Waals surface area contributed by atoms with Crippen LogP contribution < -0.4 is 9.47 Å². The molecule has 0 spiro atoms. The molecule has 0 atom stereocenters. The van der Waals surface area contributed by atoms with Crippen molar-refractivity contribution in [2.75, 3.05) is 11.9 Å². The maximum Gasteiger partial charge on any atom is 0.250 e. The molecule has 0 saturated heterocycles. The van der Waals surface area contributed by atoms with Crippen molar-refractivity contribution in [2.45, 2.75) is 11.6 Å². The first-order chi connectivity index (χ1) is 11.3. The van der Waals surface area contributed by atoms with Gasteiger partial charge in [0.1, 0.15) is 0 Å². The summed E-state index contributed by atoms with van der Waals surface area (Å²) < 4.78 is 1.84. The Kier molecular flexibility index (Phi) is 3.56. The number of thioether (sulfide) groups is 1. The molecular weight excluding hydrogens is 304 g/mol. The smallest absolute Gasteiger partial charge is 0.250 e. The summed E-state index contributed by atoms with van der Waals surface area (Å²) in [4.78, 5) is 3.51. The van der Waals surface area contributed by atoms with Crippen LogP contribution in [0.2, 0.25) is 0 Å². The third-order valence-electron chi connectivity index (χ3n) is 4.16. The monoisotopic (exact) mass is 321 g/mol. The highest BCUT2D eigenvalue weighted by Gasteiger charge is 2.21. The highest BCUT2D eigenvalue weighted by molar-refractivity contribution is 8.03. The second-order valence-corrected chi connectivity index (χ2v) is 6.57. The second-order valence-electron chi connectivity index (χ2n) is 5.51. The lowest BCUT2D eigenvalue weighted by molar-refractivity contribution is -0.706. The quantitative estimate of drug-likeness (QED) is 0.731. The molecule has 1 aromatic heterocycles. The van der Waals surface area contributed by atoms with Crippen molar-refractivity contribution in [1.82, 2.24) is 0 Å². The Balaban J connectivity index is 1.83. The fourth-order valence-electron chi connectivity index (χ4n) is 2.94. The van der Waals surface area contributed by atoms with Crippen molar-refractivity contribution in [3.63, 3.8) is 0 Å². The third kappa shape index (κ3) is 2.40. The summed E-state index contributed by atoms with van der Waals surface area (Å²) in [6, 6.07) is 18.7. The summed E-state index contributed by atoms with van der Waals surface area (Å²) in [6.45, 7) is -0.0164. The van der Waals surface area contributed by atoms with Crippen LogP contribution in [0.5, 0.6) is 0 Å². The number of hydrogen-bond donors (Lipinski definition) is 1. The summed E-state index contributed by atoms with van der Waals surface area (Å²) in [7, 11) is 2.10. The Bertz CT molecular complexity index is 920. The predicted molar refractivity (Wildman–Crippen MR) is 95.0 cm³/mol. The Hall–Kier alpha value is -2.30. The zero-order valence-corrected chi connectivity index (χ0v) is 13.6. The van der Waals surface area contributed by atoms with E-state index in [0.717, 1.165) is 16.5 Å². The van der Waals surface area contributed by atoms with Crippen LogP contribution in [0.1, 0.15) is 5.56 Å². The average molecular weight is 321 g/mol. The largest absolute Gasteiger partial charge is 0.339 e. The summed E-state index contributed by atoms with van der Waals surface area (Å²) in [5, 5.41) is 11.9. The van der Waals surface area contributed by atoms with Crippen molar-refractivity contribution in [1.29, 1.82) is 0 Å². The Labute approximate surface area is 139 Å². The zero-order chi connectivity index (χ0) is 15.8. The molecular formula is C19H17N2OS+. The van der Waals surface area contributed by atoms with Gasteiger partial charge in [-0.1, -0.05) is 36.0 Å². The SMILES string of the molecule is CN1/C(=C/c2cc[n+](CO)c3ccccc23)Sc2ccccc21. The van der Waals surface area contributed by atoms with Gasteiger partial charge in [0.25, 0.3) is 6.73 Å². The molecule has 3 aromatic rings. The molecule has 0 fully saturated rings. The number of anilines is 1. The van der Waals surface area contributed by atoms with E-state index in [1.165, 1.54) is 15.6 Å². The van der Waals surface area contributed by atoms with Crippen LogP contribution in [0.4, 0.5) is 5.69 Å². The summed E-state index contributed by atoms with van der Waals surface area (Å²) >= 11 is 1.79. The predicted octanol–water partition coefficient (Wildman–Crippen LogP) is 3.62. The second kappa shape index (κ2) is 5.72. The van der Waals surface area contributed by atoms with Crippen molar-refractivity contribution >= 4 is 34.4 Å². The fourth-order valence-corrected chi connectivity index (χ4v) is 4.04. The summed E-state index contributed by atoms with van der Waals surface area (Å²) in [6.07, 6.45) is 4.15. The van der Waals surface area contributed by atoms with Gasteiger partial charge in [-0.25, -0.2) is 0 Å². The van der Waals surface area contributed by atoms with Gasteiger partial charge in [-0.3, -0.25) is 0 Å². The summed E-state index contributed by atoms with van der Waals surface area (Å²) in [5.74, 6) is 0. The van der Waals surface area contributed by atoms with Gasteiger partial charge in [0, 0.05) is 24.1 Å². The van der Waals surface area contributed by atoms with Crippen LogP contribution in [-0.2, 0) is 6.73 Å². The van der Waals surface area contributed by atoms with Crippen LogP contribution in [0.3, 0.4) is 0 Å². The molecule has 1 N–H and O–H groups in total. The minimum Gasteiger partial charge on any atom is -0.339 e. The molecule has 1 aliphatic rings. The van der Waals surface area contributed by atoms with Gasteiger partial charge in [-0.2, -0.15) is 4.57 Å². The van der Waals surface area contributed by atoms with Crippen LogP contribution in [0, 0.1) is 0 Å². The van der Waals surface area contributed by atoms with Gasteiger partial charge in [0.05, 0.1) is 16.1 Å². The van der Waals surface area contributed by atoms with Crippen molar-refractivity contribution in [3.05, 3.63) is 71.4 Å². The number of pyridine rings is 1. The van der Waals surface area contributed by atoms with Crippen molar-refractivity contribution in [3.8, 4) is 0 Å². The molecule has 0 aliphatic carbocycles. The first-order valence-electron chi connectivity index (χ1n) is 7.52. The number of aliphatic hydroxyl groups excluding tert-OH is 1. The van der Waals surface area contributed by atoms with Gasteiger partial charge < -0.3 is 10.0 Å². The van der Waals surface area contributed by atoms with Gasteiger partial charge in [-0.05, 0) is 29.8 Å². The fraction of sp³-hybridized carbons (Fsp3) is 0.105. The Morgan fingerprint density at radius 3 is 2.70 bits per heavy atom. The number of aromatic nitrogens is 1. The van der Waals surface area contributed by atoms with Crippen LogP contribution in [0.15, 0.2) is 70.7 Å². The minimum atomic E-state index is -0.0164. The molecule has 114 valence electrons. The lowest BCUT2D eigenvalue weighted by Crippen LogP contribution is -2.34. The molecule has 23 heavy (non-hydrogen) atoms. The number of para-hydroxylation sites is 2. The molecule has 0 radical (unpaired) electrons. The average Bonchev–Trinajstić information content (AvgIpc) is 2.91. The molecule has 3 nitrogen and oxygen atoms in total. The highest BCUT2D eigenvalue weighted by atomic mass is 32.2. The van der Waals surface area contributed by atoms with E-state index in [0.29, 0.717) is 0 Å². The normalized spacial score (nSPS) is 15.4. The number of hydrogen-bond acceptors (Lipinski definition) is 3. The number of rotatable bonds is 2. The topological polar surface area (TPSA) is 27.4 Å². The molecule has 0 amide bonds. The lowest BCUT2D eigenvalue weighted by Gasteiger charge is -2.13. The van der Waals surface area contributed by atoms with Gasteiger partial charge >= 0.3 is 0 Å². The van der Waals surface area contributed by atoms with E-state index in [1.807, 2.05) is 29.0 Å². The lowest BCUT2D eigenvalue weighted by atomic mass is 10.1. The standard InChI is InChI=1S/C19H17N2OS/c1-20-17-8-4-5-9-18(17)23-19(20)12-14-10-11-21(13-22)16-7-3-2-6-15(14)16/h2-12,22H,13H2,1H3/q+1. The molecule has 1 aliphatic heterocycles. The first kappa shape index (κ1) is 14.3. The van der Waals surface area contributed by atoms with Crippen LogP contribution >= 0.6 is 11.8 Å². The van der Waals surface area contributed by atoms with E-state index in [4.69, 9.17) is 0 Å². The van der Waals surface area contributed by atoms with E-state index in [9.17, 15) is 5.11 Å². The maximum absolute atomic E-state index is 9.51. The highest BCUT2D eigenvalue weighted by Crippen LogP contribution is 2.45. The van der Waals surface area contributed by atoms with Crippen LogP contribution in [-0.4, -0.2) is 12.2 Å².